The Morgan fingerprint density at radius 3 is 2.72 bits per heavy atom. The molecule has 18 heavy (non-hydrogen) atoms. The van der Waals surface area contributed by atoms with Crippen molar-refractivity contribution in [3.8, 4) is 0 Å². The van der Waals surface area contributed by atoms with Crippen molar-refractivity contribution in [1.82, 2.24) is 14.9 Å². The third-order valence-electron chi connectivity index (χ3n) is 2.87. The van der Waals surface area contributed by atoms with Gasteiger partial charge >= 0.3 is 0 Å². The average molecular weight is 281 g/mol. The first-order chi connectivity index (χ1) is 8.52. The van der Waals surface area contributed by atoms with Gasteiger partial charge in [-0.15, -0.1) is 16.4 Å². The monoisotopic (exact) mass is 281 g/mol. The molecule has 0 saturated heterocycles. The third-order valence-corrected chi connectivity index (χ3v) is 4.61. The van der Waals surface area contributed by atoms with Crippen LogP contribution in [0.4, 0.5) is 0 Å². The molecule has 0 spiro atoms. The summed E-state index contributed by atoms with van der Waals surface area (Å²) in [4.78, 5) is 2.65. The highest BCUT2D eigenvalue weighted by Gasteiger charge is 2.26. The second-order valence-electron chi connectivity index (χ2n) is 5.36. The lowest BCUT2D eigenvalue weighted by Gasteiger charge is -2.21. The molecule has 1 unspecified atom stereocenters. The smallest absolute Gasteiger partial charge is 0.0857 e. The molecule has 0 fully saturated rings. The molecule has 1 atom stereocenters. The van der Waals surface area contributed by atoms with Gasteiger partial charge in [0.15, 0.2) is 0 Å². The van der Waals surface area contributed by atoms with E-state index in [1.54, 1.807) is 11.3 Å². The molecule has 2 rings (SSSR count). The molecule has 1 N–H and O–H groups in total. The highest BCUT2D eigenvalue weighted by atomic mass is 32.1. The summed E-state index contributed by atoms with van der Waals surface area (Å²) in [5.74, 6) is 0. The van der Waals surface area contributed by atoms with E-state index in [4.69, 9.17) is 0 Å². The van der Waals surface area contributed by atoms with E-state index < -0.39 is 0 Å². The van der Waals surface area contributed by atoms with Crippen LogP contribution in [0.2, 0.25) is 0 Å². The van der Waals surface area contributed by atoms with Crippen LogP contribution in [0.3, 0.4) is 0 Å². The molecule has 2 heterocycles. The van der Waals surface area contributed by atoms with E-state index in [9.17, 15) is 0 Å². The first-order valence-electron chi connectivity index (χ1n) is 6.04. The van der Waals surface area contributed by atoms with Crippen molar-refractivity contribution < 1.29 is 0 Å². The van der Waals surface area contributed by atoms with Gasteiger partial charge in [0.05, 0.1) is 10.6 Å². The third kappa shape index (κ3) is 2.96. The zero-order valence-electron chi connectivity index (χ0n) is 11.2. The number of nitrogens with zero attached hydrogens (tertiary/aromatic N) is 2. The molecule has 0 radical (unpaired) electrons. The molecular weight excluding hydrogens is 262 g/mol. The van der Waals surface area contributed by atoms with Crippen LogP contribution >= 0.6 is 22.9 Å². The summed E-state index contributed by atoms with van der Waals surface area (Å²) in [5, 5.41) is 9.83. The summed E-state index contributed by atoms with van der Waals surface area (Å²) in [6.07, 6.45) is 1.00. The molecule has 2 aromatic rings. The molecule has 0 aromatic carbocycles. The summed E-state index contributed by atoms with van der Waals surface area (Å²) in [6, 6.07) is 4.58. The van der Waals surface area contributed by atoms with Gasteiger partial charge in [-0.05, 0) is 30.0 Å². The van der Waals surface area contributed by atoms with Gasteiger partial charge in [0.25, 0.3) is 0 Å². The number of hydrogen-bond acceptors (Lipinski definition) is 5. The van der Waals surface area contributed by atoms with Crippen LogP contribution < -0.4 is 5.32 Å². The summed E-state index contributed by atoms with van der Waals surface area (Å²) in [6.45, 7) is 6.56. The predicted molar refractivity (Wildman–Crippen MR) is 78.4 cm³/mol. The van der Waals surface area contributed by atoms with Crippen molar-refractivity contribution in [2.45, 2.75) is 38.6 Å². The van der Waals surface area contributed by atoms with Crippen LogP contribution in [0.15, 0.2) is 17.5 Å². The Bertz CT molecular complexity index is 483. The van der Waals surface area contributed by atoms with Crippen LogP contribution in [0.5, 0.6) is 0 Å². The normalized spacial score (nSPS) is 13.8. The van der Waals surface area contributed by atoms with Gasteiger partial charge in [-0.2, -0.15) is 0 Å². The second kappa shape index (κ2) is 5.47. The lowest BCUT2D eigenvalue weighted by Crippen LogP contribution is -2.22. The van der Waals surface area contributed by atoms with E-state index in [0.717, 1.165) is 12.1 Å². The zero-order chi connectivity index (χ0) is 13.2. The highest BCUT2D eigenvalue weighted by molar-refractivity contribution is 7.10. The molecule has 0 aliphatic rings. The number of thiophene rings is 1. The Hall–Kier alpha value is -0.780. The topological polar surface area (TPSA) is 37.8 Å². The minimum atomic E-state index is 0.0485. The maximum atomic E-state index is 4.32. The van der Waals surface area contributed by atoms with Gasteiger partial charge in [-0.3, -0.25) is 0 Å². The van der Waals surface area contributed by atoms with Gasteiger partial charge in [0.1, 0.15) is 0 Å². The maximum Gasteiger partial charge on any atom is 0.0857 e. The first-order valence-corrected chi connectivity index (χ1v) is 7.70. The van der Waals surface area contributed by atoms with Gasteiger partial charge in [0, 0.05) is 22.8 Å². The van der Waals surface area contributed by atoms with Crippen molar-refractivity contribution in [2.75, 3.05) is 7.05 Å². The average Bonchev–Trinajstić information content (AvgIpc) is 2.95. The fraction of sp³-hybridized carbons (Fsp3) is 0.538. The lowest BCUT2D eigenvalue weighted by atomic mass is 9.89. The minimum absolute atomic E-state index is 0.0485. The van der Waals surface area contributed by atoms with Gasteiger partial charge in [0.2, 0.25) is 0 Å². The molecule has 2 aromatic heterocycles. The molecule has 5 heteroatoms. The summed E-state index contributed by atoms with van der Waals surface area (Å²) >= 11 is 3.31. The summed E-state index contributed by atoms with van der Waals surface area (Å²) < 4.78 is 4.14. The van der Waals surface area contributed by atoms with E-state index in [-0.39, 0.29) is 5.41 Å². The number of nitrogens with one attached hydrogen (secondary N) is 1. The number of aromatic nitrogens is 2. The van der Waals surface area contributed by atoms with Crippen molar-refractivity contribution in [3.05, 3.63) is 33.0 Å². The van der Waals surface area contributed by atoms with Crippen molar-refractivity contribution in [3.63, 3.8) is 0 Å². The lowest BCUT2D eigenvalue weighted by molar-refractivity contribution is 0.532. The summed E-state index contributed by atoms with van der Waals surface area (Å²) in [7, 11) is 2.00. The first kappa shape index (κ1) is 13.6. The van der Waals surface area contributed by atoms with Crippen LogP contribution in [0, 0.1) is 0 Å². The van der Waals surface area contributed by atoms with Crippen LogP contribution in [0.1, 0.15) is 42.3 Å². The van der Waals surface area contributed by atoms with E-state index in [2.05, 4.69) is 53.2 Å². The Labute approximate surface area is 116 Å². The van der Waals surface area contributed by atoms with Gasteiger partial charge < -0.3 is 5.32 Å². The Balaban J connectivity index is 2.25. The SMILES string of the molecule is CNC(Cc1cccs1)c1snnc1C(C)(C)C. The number of likely N-dealkylation sites (N-methyl/N-ethyl adjacent to an activating group) is 1. The van der Waals surface area contributed by atoms with Crippen molar-refractivity contribution in [1.29, 1.82) is 0 Å². The Kier molecular flexibility index (Phi) is 4.14. The molecule has 0 aliphatic heterocycles. The number of hydrogen-bond donors (Lipinski definition) is 1. The van der Waals surface area contributed by atoms with E-state index >= 15 is 0 Å². The molecular formula is C13H19N3S2. The van der Waals surface area contributed by atoms with E-state index in [1.807, 2.05) is 7.05 Å². The maximum absolute atomic E-state index is 4.32. The quantitative estimate of drug-likeness (QED) is 0.933. The standard InChI is InChI=1S/C13H19N3S2/c1-13(2,3)12-11(18-16-15-12)10(14-4)8-9-6-5-7-17-9/h5-7,10,14H,8H2,1-4H3. The second-order valence-corrected chi connectivity index (χ2v) is 7.18. The van der Waals surface area contributed by atoms with E-state index in [1.165, 1.54) is 21.3 Å². The summed E-state index contributed by atoms with van der Waals surface area (Å²) in [5.41, 5.74) is 1.16. The van der Waals surface area contributed by atoms with Gasteiger partial charge in [-0.25, -0.2) is 0 Å². The van der Waals surface area contributed by atoms with Gasteiger partial charge in [-0.1, -0.05) is 31.3 Å². The molecule has 3 nitrogen and oxygen atoms in total. The number of rotatable bonds is 4. The van der Waals surface area contributed by atoms with E-state index in [0.29, 0.717) is 6.04 Å². The van der Waals surface area contributed by atoms with Crippen LogP contribution in [0.25, 0.3) is 0 Å². The zero-order valence-corrected chi connectivity index (χ0v) is 12.9. The fourth-order valence-corrected chi connectivity index (χ4v) is 3.63. The van der Waals surface area contributed by atoms with Crippen molar-refractivity contribution >= 4 is 22.9 Å². The fourth-order valence-electron chi connectivity index (χ4n) is 1.90. The molecule has 0 amide bonds. The van der Waals surface area contributed by atoms with Crippen LogP contribution in [-0.2, 0) is 11.8 Å². The Morgan fingerprint density at radius 2 is 2.17 bits per heavy atom. The predicted octanol–water partition coefficient (Wildman–Crippen LogP) is 3.40. The Morgan fingerprint density at radius 1 is 1.39 bits per heavy atom. The molecule has 0 saturated carbocycles. The largest absolute Gasteiger partial charge is 0.312 e. The molecule has 0 aliphatic carbocycles. The highest BCUT2D eigenvalue weighted by Crippen LogP contribution is 2.32. The van der Waals surface area contributed by atoms with Crippen molar-refractivity contribution in [2.24, 2.45) is 0 Å². The van der Waals surface area contributed by atoms with Crippen LogP contribution in [-0.4, -0.2) is 16.6 Å². The molecule has 0 bridgehead atoms. The molecule has 98 valence electrons. The minimum Gasteiger partial charge on any atom is -0.312 e.